The van der Waals surface area contributed by atoms with E-state index in [4.69, 9.17) is 10.5 Å². The zero-order valence-corrected chi connectivity index (χ0v) is 8.97. The summed E-state index contributed by atoms with van der Waals surface area (Å²) in [6, 6.07) is 4.42. The zero-order chi connectivity index (χ0) is 11.4. The number of rotatable bonds is 4. The van der Waals surface area contributed by atoms with Crippen molar-refractivity contribution in [3.8, 4) is 11.5 Å². The Balaban J connectivity index is 2.95. The van der Waals surface area contributed by atoms with E-state index in [1.54, 1.807) is 6.07 Å². The Labute approximate surface area is 89.3 Å². The molecule has 0 saturated carbocycles. The molecule has 1 rings (SSSR count). The second-order valence-corrected chi connectivity index (χ2v) is 3.48. The fourth-order valence-electron chi connectivity index (χ4n) is 1.45. The number of benzene rings is 1. The molecule has 0 radical (unpaired) electrons. The smallest absolute Gasteiger partial charge is 0.157 e. The Bertz CT molecular complexity index is 326. The van der Waals surface area contributed by atoms with Crippen molar-refractivity contribution in [3.63, 3.8) is 0 Å². The number of ether oxygens (including phenoxy) is 1. The lowest BCUT2D eigenvalue weighted by Crippen LogP contribution is -2.26. The molecule has 0 bridgehead atoms. The van der Waals surface area contributed by atoms with E-state index in [0.717, 1.165) is 5.56 Å². The van der Waals surface area contributed by atoms with Crippen molar-refractivity contribution in [2.75, 3.05) is 6.61 Å². The van der Waals surface area contributed by atoms with Crippen LogP contribution in [0.5, 0.6) is 11.5 Å². The van der Waals surface area contributed by atoms with Crippen LogP contribution < -0.4 is 5.73 Å². The molecule has 1 aromatic carbocycles. The molecule has 4 heteroatoms. The molecule has 0 aliphatic heterocycles. The third-order valence-corrected chi connectivity index (χ3v) is 2.15. The van der Waals surface area contributed by atoms with Gasteiger partial charge in [-0.05, 0) is 31.5 Å². The van der Waals surface area contributed by atoms with E-state index in [1.165, 1.54) is 12.1 Å². The summed E-state index contributed by atoms with van der Waals surface area (Å²) in [7, 11) is 0. The summed E-state index contributed by atoms with van der Waals surface area (Å²) in [5.74, 6) is -0.295. The van der Waals surface area contributed by atoms with Gasteiger partial charge in [0, 0.05) is 12.6 Å². The molecule has 0 aromatic heterocycles. The normalized spacial score (nSPS) is 14.9. The summed E-state index contributed by atoms with van der Waals surface area (Å²) in [5, 5.41) is 18.5. The molecule has 2 atom stereocenters. The first-order valence-electron chi connectivity index (χ1n) is 4.95. The van der Waals surface area contributed by atoms with E-state index in [0.29, 0.717) is 6.61 Å². The molecule has 0 aliphatic carbocycles. The van der Waals surface area contributed by atoms with Crippen LogP contribution in [-0.2, 0) is 4.74 Å². The van der Waals surface area contributed by atoms with E-state index in [1.807, 2.05) is 13.8 Å². The van der Waals surface area contributed by atoms with Gasteiger partial charge in [-0.2, -0.15) is 0 Å². The van der Waals surface area contributed by atoms with E-state index in [-0.39, 0.29) is 23.6 Å². The highest BCUT2D eigenvalue weighted by Gasteiger charge is 2.17. The van der Waals surface area contributed by atoms with Gasteiger partial charge in [0.2, 0.25) is 0 Å². The molecular formula is C11H17NO3. The van der Waals surface area contributed by atoms with E-state index >= 15 is 0 Å². The molecule has 1 aromatic rings. The van der Waals surface area contributed by atoms with Crippen LogP contribution in [-0.4, -0.2) is 22.9 Å². The Hall–Kier alpha value is -1.26. The van der Waals surface area contributed by atoms with Gasteiger partial charge in [0.15, 0.2) is 11.5 Å². The minimum Gasteiger partial charge on any atom is -0.504 e. The van der Waals surface area contributed by atoms with Crippen molar-refractivity contribution in [2.24, 2.45) is 5.73 Å². The number of aromatic hydroxyl groups is 2. The maximum atomic E-state index is 9.35. The highest BCUT2D eigenvalue weighted by molar-refractivity contribution is 5.41. The van der Waals surface area contributed by atoms with Crippen LogP contribution >= 0.6 is 0 Å². The third kappa shape index (κ3) is 2.84. The summed E-state index contributed by atoms with van der Waals surface area (Å²) < 4.78 is 5.47. The zero-order valence-electron chi connectivity index (χ0n) is 8.97. The standard InChI is InChI=1S/C11H17NO3/c1-3-15-11(7(2)12)8-4-5-9(13)10(14)6-8/h4-7,11,13-14H,3,12H2,1-2H3/t7-,11-/m0/s1. The van der Waals surface area contributed by atoms with E-state index < -0.39 is 0 Å². The first-order valence-corrected chi connectivity index (χ1v) is 4.95. The van der Waals surface area contributed by atoms with Gasteiger partial charge in [-0.1, -0.05) is 6.07 Å². The SMILES string of the molecule is CCO[C@H](c1ccc(O)c(O)c1)[C@H](C)N. The molecule has 0 fully saturated rings. The molecule has 0 spiro atoms. The number of nitrogens with two attached hydrogens (primary N) is 1. The number of phenols is 2. The first-order chi connectivity index (χ1) is 7.06. The molecule has 0 heterocycles. The third-order valence-electron chi connectivity index (χ3n) is 2.15. The molecule has 84 valence electrons. The number of hydrogen-bond acceptors (Lipinski definition) is 4. The van der Waals surface area contributed by atoms with Crippen LogP contribution in [0.1, 0.15) is 25.5 Å². The highest BCUT2D eigenvalue weighted by Crippen LogP contribution is 2.30. The summed E-state index contributed by atoms with van der Waals surface area (Å²) in [5.41, 5.74) is 6.54. The Morgan fingerprint density at radius 2 is 2.00 bits per heavy atom. The van der Waals surface area contributed by atoms with Crippen LogP contribution in [0.3, 0.4) is 0 Å². The monoisotopic (exact) mass is 211 g/mol. The Morgan fingerprint density at radius 3 is 2.47 bits per heavy atom. The van der Waals surface area contributed by atoms with Crippen molar-refractivity contribution in [1.82, 2.24) is 0 Å². The van der Waals surface area contributed by atoms with Gasteiger partial charge in [0.1, 0.15) is 0 Å². The quantitative estimate of drug-likeness (QED) is 0.660. The summed E-state index contributed by atoms with van der Waals surface area (Å²) >= 11 is 0. The van der Waals surface area contributed by atoms with E-state index in [9.17, 15) is 10.2 Å². The van der Waals surface area contributed by atoms with Crippen LogP contribution in [0, 0.1) is 0 Å². The molecule has 0 aliphatic rings. The minimum atomic E-state index is -0.263. The van der Waals surface area contributed by atoms with Crippen molar-refractivity contribution < 1.29 is 14.9 Å². The summed E-state index contributed by atoms with van der Waals surface area (Å²) in [6.45, 7) is 4.27. The van der Waals surface area contributed by atoms with Gasteiger partial charge in [0.25, 0.3) is 0 Å². The maximum Gasteiger partial charge on any atom is 0.157 e. The summed E-state index contributed by atoms with van der Waals surface area (Å²) in [4.78, 5) is 0. The van der Waals surface area contributed by atoms with E-state index in [2.05, 4.69) is 0 Å². The summed E-state index contributed by atoms with van der Waals surface area (Å²) in [6.07, 6.45) is -0.263. The average Bonchev–Trinajstić information content (AvgIpc) is 2.18. The van der Waals surface area contributed by atoms with Crippen LogP contribution in [0.25, 0.3) is 0 Å². The van der Waals surface area contributed by atoms with Crippen LogP contribution in [0.4, 0.5) is 0 Å². The lowest BCUT2D eigenvalue weighted by Gasteiger charge is -2.21. The first kappa shape index (κ1) is 11.8. The largest absolute Gasteiger partial charge is 0.504 e. The van der Waals surface area contributed by atoms with Gasteiger partial charge in [0.05, 0.1) is 6.10 Å². The Morgan fingerprint density at radius 1 is 1.33 bits per heavy atom. The predicted molar refractivity (Wildman–Crippen MR) is 57.8 cm³/mol. The molecule has 0 saturated heterocycles. The molecule has 4 nitrogen and oxygen atoms in total. The molecular weight excluding hydrogens is 194 g/mol. The fraction of sp³-hybridized carbons (Fsp3) is 0.455. The topological polar surface area (TPSA) is 75.7 Å². The molecule has 15 heavy (non-hydrogen) atoms. The lowest BCUT2D eigenvalue weighted by molar-refractivity contribution is 0.0473. The maximum absolute atomic E-state index is 9.35. The second-order valence-electron chi connectivity index (χ2n) is 3.48. The predicted octanol–water partition coefficient (Wildman–Crippen LogP) is 1.52. The number of hydrogen-bond donors (Lipinski definition) is 3. The van der Waals surface area contributed by atoms with Gasteiger partial charge < -0.3 is 20.7 Å². The highest BCUT2D eigenvalue weighted by atomic mass is 16.5. The van der Waals surface area contributed by atoms with Gasteiger partial charge >= 0.3 is 0 Å². The Kier molecular flexibility index (Phi) is 3.94. The van der Waals surface area contributed by atoms with Crippen molar-refractivity contribution in [1.29, 1.82) is 0 Å². The van der Waals surface area contributed by atoms with Crippen LogP contribution in [0.15, 0.2) is 18.2 Å². The van der Waals surface area contributed by atoms with Gasteiger partial charge in [-0.15, -0.1) is 0 Å². The van der Waals surface area contributed by atoms with Gasteiger partial charge in [-0.3, -0.25) is 0 Å². The number of phenolic OH excluding ortho intramolecular Hbond substituents is 2. The van der Waals surface area contributed by atoms with Crippen molar-refractivity contribution in [3.05, 3.63) is 23.8 Å². The van der Waals surface area contributed by atoms with Crippen LogP contribution in [0.2, 0.25) is 0 Å². The molecule has 0 amide bonds. The lowest BCUT2D eigenvalue weighted by atomic mass is 10.0. The second kappa shape index (κ2) is 5.00. The molecule has 4 N–H and O–H groups in total. The van der Waals surface area contributed by atoms with Gasteiger partial charge in [-0.25, -0.2) is 0 Å². The molecule has 0 unspecified atom stereocenters. The average molecular weight is 211 g/mol. The van der Waals surface area contributed by atoms with Crippen molar-refractivity contribution >= 4 is 0 Å². The van der Waals surface area contributed by atoms with Crippen molar-refractivity contribution in [2.45, 2.75) is 26.0 Å². The minimum absolute atomic E-state index is 0.140. The fourth-order valence-corrected chi connectivity index (χ4v) is 1.45.